The average molecular weight is 372 g/mol. The third kappa shape index (κ3) is 3.78. The number of hydrogen-bond donors (Lipinski definition) is 0. The fraction of sp³-hybridized carbons (Fsp3) is 0.619. The first-order chi connectivity index (χ1) is 12.6. The minimum atomic E-state index is 0.0926. The number of benzene rings is 1. The molecule has 4 rings (SSSR count). The van der Waals surface area contributed by atoms with Crippen LogP contribution in [0.3, 0.4) is 0 Å². The van der Waals surface area contributed by atoms with E-state index in [4.69, 9.17) is 4.99 Å². The van der Waals surface area contributed by atoms with Crippen molar-refractivity contribution in [3.8, 4) is 0 Å². The molecule has 26 heavy (non-hydrogen) atoms. The maximum absolute atomic E-state index is 12.6. The quantitative estimate of drug-likeness (QED) is 0.777. The van der Waals surface area contributed by atoms with Crippen molar-refractivity contribution in [2.24, 2.45) is 4.99 Å². The van der Waals surface area contributed by atoms with Gasteiger partial charge in [-0.3, -0.25) is 14.7 Å². The van der Waals surface area contributed by atoms with Crippen molar-refractivity contribution < 1.29 is 4.79 Å². The molecule has 4 nitrogen and oxygen atoms in total. The molecule has 2 aliphatic carbocycles. The van der Waals surface area contributed by atoms with Crippen LogP contribution < -0.4 is 4.90 Å². The second-order valence-corrected chi connectivity index (χ2v) is 8.85. The fourth-order valence-electron chi connectivity index (χ4n) is 4.12. The van der Waals surface area contributed by atoms with Crippen LogP contribution in [-0.4, -0.2) is 40.0 Å². The van der Waals surface area contributed by atoms with Gasteiger partial charge in [0.2, 0.25) is 5.91 Å². The van der Waals surface area contributed by atoms with Crippen molar-refractivity contribution in [2.45, 2.75) is 77.0 Å². The van der Waals surface area contributed by atoms with Crippen molar-refractivity contribution in [1.29, 1.82) is 0 Å². The van der Waals surface area contributed by atoms with Crippen LogP contribution in [0.5, 0.6) is 0 Å². The van der Waals surface area contributed by atoms with Crippen molar-refractivity contribution in [3.05, 3.63) is 29.8 Å². The molecule has 1 heterocycles. The van der Waals surface area contributed by atoms with Crippen LogP contribution in [0.25, 0.3) is 0 Å². The predicted molar refractivity (Wildman–Crippen MR) is 110 cm³/mol. The highest BCUT2D eigenvalue weighted by molar-refractivity contribution is 8.14. The fourth-order valence-corrected chi connectivity index (χ4v) is 5.37. The van der Waals surface area contributed by atoms with Gasteiger partial charge in [-0.05, 0) is 44.7 Å². The Labute approximate surface area is 161 Å². The molecule has 140 valence electrons. The summed E-state index contributed by atoms with van der Waals surface area (Å²) in [5.41, 5.74) is 2.22. The molecule has 0 spiro atoms. The first kappa shape index (κ1) is 17.9. The Hall–Kier alpha value is -1.49. The Kier molecular flexibility index (Phi) is 5.25. The Morgan fingerprint density at radius 2 is 1.81 bits per heavy atom. The second kappa shape index (κ2) is 7.63. The molecule has 0 N–H and O–H groups in total. The lowest BCUT2D eigenvalue weighted by Gasteiger charge is -2.35. The Bertz CT molecular complexity index is 677. The number of aliphatic imine (C=N–C) groups is 1. The zero-order valence-electron chi connectivity index (χ0n) is 15.9. The van der Waals surface area contributed by atoms with E-state index in [-0.39, 0.29) is 12.1 Å². The SMILES string of the molecule is CC(=O)N(c1ccc(C)cc1)C1CSC(=NC2CCCCC2)N1C1CC1. The molecule has 0 aromatic heterocycles. The summed E-state index contributed by atoms with van der Waals surface area (Å²) >= 11 is 1.85. The molecule has 5 heteroatoms. The number of anilines is 1. The lowest BCUT2D eigenvalue weighted by atomic mass is 9.96. The maximum Gasteiger partial charge on any atom is 0.225 e. The zero-order chi connectivity index (χ0) is 18.1. The van der Waals surface area contributed by atoms with Gasteiger partial charge in [0.25, 0.3) is 0 Å². The van der Waals surface area contributed by atoms with Gasteiger partial charge in [0, 0.05) is 24.4 Å². The monoisotopic (exact) mass is 371 g/mol. The highest BCUT2D eigenvalue weighted by atomic mass is 32.2. The first-order valence-electron chi connectivity index (χ1n) is 9.99. The van der Waals surface area contributed by atoms with E-state index in [9.17, 15) is 4.79 Å². The highest BCUT2D eigenvalue weighted by Gasteiger charge is 2.44. The summed E-state index contributed by atoms with van der Waals surface area (Å²) in [6.07, 6.45) is 8.96. The van der Waals surface area contributed by atoms with Gasteiger partial charge in [0.1, 0.15) is 6.17 Å². The van der Waals surface area contributed by atoms with Gasteiger partial charge in [-0.1, -0.05) is 48.7 Å². The van der Waals surface area contributed by atoms with E-state index in [0.29, 0.717) is 12.1 Å². The normalized spacial score (nSPS) is 25.7. The minimum Gasteiger partial charge on any atom is -0.327 e. The largest absolute Gasteiger partial charge is 0.327 e. The second-order valence-electron chi connectivity index (χ2n) is 7.86. The van der Waals surface area contributed by atoms with E-state index in [1.54, 1.807) is 6.92 Å². The van der Waals surface area contributed by atoms with E-state index in [1.807, 2.05) is 16.7 Å². The molecule has 1 amide bonds. The van der Waals surface area contributed by atoms with Crippen LogP contribution in [0, 0.1) is 6.92 Å². The molecule has 3 fully saturated rings. The lowest BCUT2D eigenvalue weighted by Crippen LogP contribution is -2.51. The van der Waals surface area contributed by atoms with Gasteiger partial charge in [-0.15, -0.1) is 0 Å². The van der Waals surface area contributed by atoms with Gasteiger partial charge in [0.15, 0.2) is 5.17 Å². The molecule has 1 unspecified atom stereocenters. The van der Waals surface area contributed by atoms with E-state index in [2.05, 4.69) is 36.1 Å². The third-order valence-corrected chi connectivity index (χ3v) is 6.70. The van der Waals surface area contributed by atoms with Crippen LogP contribution in [0.15, 0.2) is 29.3 Å². The Morgan fingerprint density at radius 3 is 2.42 bits per heavy atom. The van der Waals surface area contributed by atoms with Gasteiger partial charge in [-0.2, -0.15) is 0 Å². The standard InChI is InChI=1S/C21H29N3OS/c1-15-8-10-18(11-9-15)23(16(2)25)20-14-26-21(24(20)19-12-13-19)22-17-6-4-3-5-7-17/h8-11,17,19-20H,3-7,12-14H2,1-2H3. The summed E-state index contributed by atoms with van der Waals surface area (Å²) in [7, 11) is 0. The summed E-state index contributed by atoms with van der Waals surface area (Å²) in [4.78, 5) is 22.1. The lowest BCUT2D eigenvalue weighted by molar-refractivity contribution is -0.117. The summed E-state index contributed by atoms with van der Waals surface area (Å²) in [5, 5.41) is 1.18. The molecule has 1 aliphatic heterocycles. The Balaban J connectivity index is 1.60. The Morgan fingerprint density at radius 1 is 1.12 bits per heavy atom. The molecule has 3 aliphatic rings. The van der Waals surface area contributed by atoms with Crippen molar-refractivity contribution in [3.63, 3.8) is 0 Å². The van der Waals surface area contributed by atoms with E-state index < -0.39 is 0 Å². The molecule has 1 aromatic carbocycles. The predicted octanol–water partition coefficient (Wildman–Crippen LogP) is 4.57. The molecule has 1 saturated heterocycles. The molecule has 2 saturated carbocycles. The number of carbonyl (C=O) groups excluding carboxylic acids is 1. The number of amides is 1. The van der Waals surface area contributed by atoms with Crippen molar-refractivity contribution in [2.75, 3.05) is 10.7 Å². The number of nitrogens with zero attached hydrogens (tertiary/aromatic N) is 3. The van der Waals surface area contributed by atoms with Gasteiger partial charge in [0.05, 0.1) is 6.04 Å². The van der Waals surface area contributed by atoms with E-state index in [0.717, 1.165) is 11.4 Å². The number of thioether (sulfide) groups is 1. The molecule has 0 radical (unpaired) electrons. The number of amidine groups is 1. The third-order valence-electron chi connectivity index (χ3n) is 5.66. The van der Waals surface area contributed by atoms with Gasteiger partial charge in [-0.25, -0.2) is 0 Å². The van der Waals surface area contributed by atoms with Crippen LogP contribution in [-0.2, 0) is 4.79 Å². The molecule has 1 atom stereocenters. The van der Waals surface area contributed by atoms with Crippen LogP contribution >= 0.6 is 11.8 Å². The number of hydrogen-bond acceptors (Lipinski definition) is 3. The van der Waals surface area contributed by atoms with Gasteiger partial charge >= 0.3 is 0 Å². The van der Waals surface area contributed by atoms with Crippen LogP contribution in [0.1, 0.15) is 57.4 Å². The van der Waals surface area contributed by atoms with E-state index in [1.165, 1.54) is 55.7 Å². The van der Waals surface area contributed by atoms with Crippen LogP contribution in [0.2, 0.25) is 0 Å². The van der Waals surface area contributed by atoms with Crippen molar-refractivity contribution >= 4 is 28.5 Å². The topological polar surface area (TPSA) is 35.9 Å². The zero-order valence-corrected chi connectivity index (χ0v) is 16.7. The number of aryl methyl sites for hydroxylation is 1. The molecular weight excluding hydrogens is 342 g/mol. The minimum absolute atomic E-state index is 0.0926. The van der Waals surface area contributed by atoms with E-state index >= 15 is 0 Å². The molecule has 0 bridgehead atoms. The van der Waals surface area contributed by atoms with Gasteiger partial charge < -0.3 is 4.90 Å². The molecule has 1 aromatic rings. The molecular formula is C21H29N3OS. The first-order valence-corrected chi connectivity index (χ1v) is 11.0. The average Bonchev–Trinajstić information content (AvgIpc) is 3.40. The van der Waals surface area contributed by atoms with Crippen LogP contribution in [0.4, 0.5) is 5.69 Å². The smallest absolute Gasteiger partial charge is 0.225 e. The van der Waals surface area contributed by atoms with Crippen molar-refractivity contribution in [1.82, 2.24) is 4.90 Å². The summed E-state index contributed by atoms with van der Waals surface area (Å²) in [6.45, 7) is 3.77. The summed E-state index contributed by atoms with van der Waals surface area (Å²) in [5.74, 6) is 1.03. The number of carbonyl (C=O) groups is 1. The highest BCUT2D eigenvalue weighted by Crippen LogP contribution is 2.40. The summed E-state index contributed by atoms with van der Waals surface area (Å²) in [6, 6.07) is 9.37. The number of rotatable bonds is 4. The maximum atomic E-state index is 12.6. The summed E-state index contributed by atoms with van der Waals surface area (Å²) < 4.78 is 0.